The summed E-state index contributed by atoms with van der Waals surface area (Å²) in [6.07, 6.45) is 2.23. The molecule has 0 spiro atoms. The van der Waals surface area contributed by atoms with Gasteiger partial charge in [0.25, 0.3) is 0 Å². The number of guanidine groups is 1. The highest BCUT2D eigenvalue weighted by Crippen LogP contribution is 2.19. The molecule has 2 saturated heterocycles. The second kappa shape index (κ2) is 11.8. The largest absolute Gasteiger partial charge is 0.356 e. The molecule has 2 aliphatic heterocycles. The fourth-order valence-corrected chi connectivity index (χ4v) is 3.96. The SMILES string of the molecule is CN=C(NCC(C)c1ccc(F)cc1F)N1CCN(CC(=O)N2CCCC2)CC1.I. The summed E-state index contributed by atoms with van der Waals surface area (Å²) in [5, 5.41) is 3.30. The van der Waals surface area contributed by atoms with Crippen LogP contribution in [-0.2, 0) is 4.79 Å². The first-order chi connectivity index (χ1) is 14.0. The lowest BCUT2D eigenvalue weighted by atomic mass is 10.0. The molecule has 1 amide bonds. The van der Waals surface area contributed by atoms with Crippen LogP contribution in [0.15, 0.2) is 23.2 Å². The Kier molecular flexibility index (Phi) is 9.73. The van der Waals surface area contributed by atoms with Crippen molar-refractivity contribution in [3.63, 3.8) is 0 Å². The van der Waals surface area contributed by atoms with Crippen LogP contribution in [0.1, 0.15) is 31.2 Å². The molecule has 30 heavy (non-hydrogen) atoms. The minimum absolute atomic E-state index is 0. The maximum absolute atomic E-state index is 14.0. The highest BCUT2D eigenvalue weighted by Gasteiger charge is 2.24. The van der Waals surface area contributed by atoms with Crippen LogP contribution in [-0.4, -0.2) is 86.0 Å². The molecule has 0 aliphatic carbocycles. The van der Waals surface area contributed by atoms with Gasteiger partial charge in [0.05, 0.1) is 6.54 Å². The van der Waals surface area contributed by atoms with E-state index in [0.29, 0.717) is 18.7 Å². The number of nitrogens with zero attached hydrogens (tertiary/aromatic N) is 4. The van der Waals surface area contributed by atoms with E-state index in [1.165, 1.54) is 12.1 Å². The Morgan fingerprint density at radius 3 is 2.37 bits per heavy atom. The quantitative estimate of drug-likeness (QED) is 0.358. The number of hydrogen-bond acceptors (Lipinski definition) is 3. The summed E-state index contributed by atoms with van der Waals surface area (Å²) in [5.74, 6) is -0.209. The number of aliphatic imine (C=N–C) groups is 1. The molecule has 1 N–H and O–H groups in total. The van der Waals surface area contributed by atoms with Crippen molar-refractivity contribution in [1.29, 1.82) is 0 Å². The van der Waals surface area contributed by atoms with Crippen LogP contribution in [0.4, 0.5) is 8.78 Å². The van der Waals surface area contributed by atoms with Crippen LogP contribution in [0.3, 0.4) is 0 Å². The number of hydrogen-bond donors (Lipinski definition) is 1. The number of benzene rings is 1. The Morgan fingerprint density at radius 2 is 1.77 bits per heavy atom. The number of likely N-dealkylation sites (tertiary alicyclic amines) is 1. The minimum Gasteiger partial charge on any atom is -0.356 e. The maximum atomic E-state index is 14.0. The molecule has 2 fully saturated rings. The topological polar surface area (TPSA) is 51.2 Å². The Bertz CT molecular complexity index is 734. The average Bonchev–Trinajstić information content (AvgIpc) is 3.24. The van der Waals surface area contributed by atoms with Gasteiger partial charge in [-0.25, -0.2) is 8.78 Å². The predicted octanol–water partition coefficient (Wildman–Crippen LogP) is 2.50. The van der Waals surface area contributed by atoms with Crippen molar-refractivity contribution in [3.8, 4) is 0 Å². The molecule has 2 aliphatic rings. The van der Waals surface area contributed by atoms with Gasteiger partial charge in [-0.3, -0.25) is 14.7 Å². The van der Waals surface area contributed by atoms with Gasteiger partial charge < -0.3 is 15.1 Å². The van der Waals surface area contributed by atoms with Crippen LogP contribution in [0.5, 0.6) is 0 Å². The summed E-state index contributed by atoms with van der Waals surface area (Å²) in [5.41, 5.74) is 0.486. The summed E-state index contributed by atoms with van der Waals surface area (Å²) in [6.45, 7) is 7.86. The summed E-state index contributed by atoms with van der Waals surface area (Å²) < 4.78 is 27.1. The average molecular weight is 535 g/mol. The van der Waals surface area contributed by atoms with Crippen molar-refractivity contribution < 1.29 is 13.6 Å². The van der Waals surface area contributed by atoms with Crippen LogP contribution >= 0.6 is 24.0 Å². The minimum atomic E-state index is -0.566. The summed E-state index contributed by atoms with van der Waals surface area (Å²) in [6, 6.07) is 3.70. The van der Waals surface area contributed by atoms with Crippen molar-refractivity contribution in [2.24, 2.45) is 4.99 Å². The second-order valence-electron chi connectivity index (χ2n) is 7.85. The zero-order valence-corrected chi connectivity index (χ0v) is 20.1. The highest BCUT2D eigenvalue weighted by atomic mass is 127. The molecule has 9 heteroatoms. The van der Waals surface area contributed by atoms with Crippen LogP contribution in [0, 0.1) is 11.6 Å². The van der Waals surface area contributed by atoms with E-state index in [0.717, 1.165) is 64.1 Å². The van der Waals surface area contributed by atoms with E-state index in [-0.39, 0.29) is 35.8 Å². The van der Waals surface area contributed by atoms with E-state index in [4.69, 9.17) is 0 Å². The molecule has 0 bridgehead atoms. The molecule has 0 saturated carbocycles. The summed E-state index contributed by atoms with van der Waals surface area (Å²) >= 11 is 0. The second-order valence-corrected chi connectivity index (χ2v) is 7.85. The fourth-order valence-electron chi connectivity index (χ4n) is 3.96. The number of rotatable bonds is 5. The normalized spacial score (nSPS) is 18.9. The van der Waals surface area contributed by atoms with Gasteiger partial charge in [0.2, 0.25) is 5.91 Å². The van der Waals surface area contributed by atoms with Gasteiger partial charge in [0, 0.05) is 64.8 Å². The van der Waals surface area contributed by atoms with Gasteiger partial charge >= 0.3 is 0 Å². The molecule has 1 atom stereocenters. The van der Waals surface area contributed by atoms with Crippen LogP contribution in [0.2, 0.25) is 0 Å². The molecule has 168 valence electrons. The lowest BCUT2D eigenvalue weighted by Gasteiger charge is -2.37. The highest BCUT2D eigenvalue weighted by molar-refractivity contribution is 14.0. The number of nitrogens with one attached hydrogen (secondary N) is 1. The van der Waals surface area contributed by atoms with E-state index in [1.54, 1.807) is 7.05 Å². The Morgan fingerprint density at radius 1 is 1.10 bits per heavy atom. The predicted molar refractivity (Wildman–Crippen MR) is 125 cm³/mol. The molecule has 2 heterocycles. The number of amides is 1. The molecule has 1 unspecified atom stereocenters. The van der Waals surface area contributed by atoms with Crippen LogP contribution < -0.4 is 5.32 Å². The first-order valence-corrected chi connectivity index (χ1v) is 10.4. The molecular weight excluding hydrogens is 503 g/mol. The maximum Gasteiger partial charge on any atom is 0.236 e. The van der Waals surface area contributed by atoms with E-state index in [9.17, 15) is 13.6 Å². The molecule has 1 aromatic carbocycles. The number of halogens is 3. The van der Waals surface area contributed by atoms with E-state index < -0.39 is 11.6 Å². The zero-order valence-electron chi connectivity index (χ0n) is 17.7. The lowest BCUT2D eigenvalue weighted by molar-refractivity contribution is -0.131. The van der Waals surface area contributed by atoms with Gasteiger partial charge in [-0.15, -0.1) is 24.0 Å². The first kappa shape index (κ1) is 24.8. The van der Waals surface area contributed by atoms with Gasteiger partial charge in [0.15, 0.2) is 5.96 Å². The Hall–Kier alpha value is -1.49. The van der Waals surface area contributed by atoms with E-state index in [1.807, 2.05) is 11.8 Å². The van der Waals surface area contributed by atoms with Gasteiger partial charge in [-0.2, -0.15) is 0 Å². The Balaban J connectivity index is 0.00000320. The molecule has 6 nitrogen and oxygen atoms in total. The number of carbonyl (C=O) groups is 1. The number of piperazine rings is 1. The lowest BCUT2D eigenvalue weighted by Crippen LogP contribution is -2.54. The van der Waals surface area contributed by atoms with E-state index >= 15 is 0 Å². The molecule has 3 rings (SSSR count). The van der Waals surface area contributed by atoms with Gasteiger partial charge in [-0.1, -0.05) is 13.0 Å². The third-order valence-electron chi connectivity index (χ3n) is 5.76. The number of carbonyl (C=O) groups excluding carboxylic acids is 1. The smallest absolute Gasteiger partial charge is 0.236 e. The standard InChI is InChI=1S/C21H31F2N5O.HI/c1-16(18-6-5-17(22)13-19(18)23)14-25-21(24-2)28-11-9-26(10-12-28)15-20(29)27-7-3-4-8-27;/h5-6,13,16H,3-4,7-12,14-15H2,1-2H3,(H,24,25);1H. The van der Waals surface area contributed by atoms with Crippen molar-refractivity contribution in [3.05, 3.63) is 35.4 Å². The third kappa shape index (κ3) is 6.50. The van der Waals surface area contributed by atoms with Crippen molar-refractivity contribution in [2.45, 2.75) is 25.7 Å². The monoisotopic (exact) mass is 535 g/mol. The van der Waals surface area contributed by atoms with Gasteiger partial charge in [0.1, 0.15) is 11.6 Å². The first-order valence-electron chi connectivity index (χ1n) is 10.4. The fraction of sp³-hybridized carbons (Fsp3) is 0.619. The summed E-state index contributed by atoms with van der Waals surface area (Å²) in [4.78, 5) is 23.0. The van der Waals surface area contributed by atoms with E-state index in [2.05, 4.69) is 20.1 Å². The summed E-state index contributed by atoms with van der Waals surface area (Å²) in [7, 11) is 1.73. The Labute approximate surface area is 194 Å². The van der Waals surface area contributed by atoms with Gasteiger partial charge in [-0.05, 0) is 24.5 Å². The van der Waals surface area contributed by atoms with Crippen molar-refractivity contribution >= 4 is 35.8 Å². The molecule has 1 aromatic rings. The molecule has 0 radical (unpaired) electrons. The molecule has 0 aromatic heterocycles. The van der Waals surface area contributed by atoms with Crippen molar-refractivity contribution in [1.82, 2.24) is 20.0 Å². The van der Waals surface area contributed by atoms with Crippen molar-refractivity contribution in [2.75, 3.05) is 59.4 Å². The zero-order chi connectivity index (χ0) is 20.8. The molecular formula is C21H32F2IN5O. The third-order valence-corrected chi connectivity index (χ3v) is 5.76. The van der Waals surface area contributed by atoms with Crippen LogP contribution in [0.25, 0.3) is 0 Å².